The Hall–Kier alpha value is -1.85. The number of hydrogen-bond acceptors (Lipinski definition) is 7. The topological polar surface area (TPSA) is 148 Å². The molecule has 0 aromatic heterocycles. The third kappa shape index (κ3) is 6.32. The van der Waals surface area contributed by atoms with Crippen LogP contribution < -0.4 is 16.0 Å². The number of nitrogens with one attached hydrogen (secondary N) is 3. The number of carbonyl (C=O) groups is 4. The molecule has 2 aliphatic rings. The van der Waals surface area contributed by atoms with E-state index in [4.69, 9.17) is 0 Å². The van der Waals surface area contributed by atoms with Crippen molar-refractivity contribution in [3.8, 4) is 0 Å². The molecule has 2 saturated heterocycles. The van der Waals surface area contributed by atoms with Crippen molar-refractivity contribution >= 4 is 35.5 Å². The molecular formula is C19H32N4O6S. The number of carbonyl (C=O) groups excluding carboxylic acids is 3. The summed E-state index contributed by atoms with van der Waals surface area (Å²) in [7, 11) is 0. The molecule has 5 atom stereocenters. The lowest BCUT2D eigenvalue weighted by Gasteiger charge is -2.29. The maximum absolute atomic E-state index is 12.9. The van der Waals surface area contributed by atoms with E-state index in [-0.39, 0.29) is 11.9 Å². The van der Waals surface area contributed by atoms with Gasteiger partial charge in [0.05, 0.1) is 12.1 Å². The van der Waals surface area contributed by atoms with E-state index in [2.05, 4.69) is 16.0 Å². The van der Waals surface area contributed by atoms with Crippen molar-refractivity contribution < 1.29 is 29.4 Å². The van der Waals surface area contributed by atoms with Crippen molar-refractivity contribution in [3.63, 3.8) is 0 Å². The second-order valence-electron chi connectivity index (χ2n) is 7.75. The molecule has 5 N–H and O–H groups in total. The Morgan fingerprint density at radius 2 is 1.93 bits per heavy atom. The fourth-order valence-electron chi connectivity index (χ4n) is 3.81. The minimum atomic E-state index is -1.47. The number of thioether (sulfide) groups is 1. The fourth-order valence-corrected chi connectivity index (χ4v) is 4.28. The molecule has 0 aromatic rings. The average molecular weight is 445 g/mol. The summed E-state index contributed by atoms with van der Waals surface area (Å²) in [5.41, 5.74) is 0. The van der Waals surface area contributed by atoms with Crippen LogP contribution in [-0.4, -0.2) is 94.2 Å². The number of aliphatic hydroxyl groups excluding tert-OH is 1. The molecule has 2 heterocycles. The zero-order valence-corrected chi connectivity index (χ0v) is 18.2. The third-order valence-corrected chi connectivity index (χ3v) is 6.13. The van der Waals surface area contributed by atoms with E-state index < -0.39 is 42.0 Å². The molecule has 0 saturated carbocycles. The predicted molar refractivity (Wildman–Crippen MR) is 112 cm³/mol. The quantitative estimate of drug-likeness (QED) is 0.286. The number of aliphatic hydroxyl groups is 1. The van der Waals surface area contributed by atoms with Gasteiger partial charge in [0.2, 0.25) is 17.7 Å². The highest BCUT2D eigenvalue weighted by molar-refractivity contribution is 7.98. The summed E-state index contributed by atoms with van der Waals surface area (Å²) in [5, 5.41) is 26.9. The molecule has 2 rings (SSSR count). The SMILES string of the molecule is CSCCC(NC(=O)C1CCCN1C(=O)C1CCCN1)C(=O)NC(C(=O)O)C(C)O. The first-order valence-corrected chi connectivity index (χ1v) is 11.7. The minimum Gasteiger partial charge on any atom is -0.480 e. The Morgan fingerprint density at radius 1 is 1.20 bits per heavy atom. The standard InChI is InChI=1S/C19H32N4O6S/c1-11(24)15(19(28)29)22-16(25)12(7-10-30-2)21-17(26)14-6-4-9-23(14)18(27)13-5-3-8-20-13/h11-15,20,24H,3-10H2,1-2H3,(H,21,26)(H,22,25)(H,28,29). The van der Waals surface area contributed by atoms with Crippen molar-refractivity contribution in [3.05, 3.63) is 0 Å². The van der Waals surface area contributed by atoms with E-state index in [0.717, 1.165) is 19.4 Å². The van der Waals surface area contributed by atoms with Crippen molar-refractivity contribution in [2.45, 2.75) is 69.3 Å². The van der Waals surface area contributed by atoms with Gasteiger partial charge >= 0.3 is 5.97 Å². The maximum atomic E-state index is 12.9. The van der Waals surface area contributed by atoms with Crippen LogP contribution in [0, 0.1) is 0 Å². The van der Waals surface area contributed by atoms with E-state index >= 15 is 0 Å². The molecule has 3 amide bonds. The molecular weight excluding hydrogens is 412 g/mol. The van der Waals surface area contributed by atoms with Crippen LogP contribution in [0.2, 0.25) is 0 Å². The van der Waals surface area contributed by atoms with E-state index in [1.165, 1.54) is 18.7 Å². The second-order valence-corrected chi connectivity index (χ2v) is 8.73. The highest BCUT2D eigenvalue weighted by atomic mass is 32.2. The number of rotatable bonds is 10. The number of nitrogens with zero attached hydrogens (tertiary/aromatic N) is 1. The summed E-state index contributed by atoms with van der Waals surface area (Å²) in [6, 6.07) is -3.33. The smallest absolute Gasteiger partial charge is 0.328 e. The highest BCUT2D eigenvalue weighted by Gasteiger charge is 2.39. The number of carboxylic acid groups (broad SMARTS) is 1. The van der Waals surface area contributed by atoms with E-state index in [9.17, 15) is 29.4 Å². The van der Waals surface area contributed by atoms with Gasteiger partial charge in [-0.3, -0.25) is 14.4 Å². The number of aliphatic carboxylic acids is 1. The van der Waals surface area contributed by atoms with Crippen LogP contribution in [0.15, 0.2) is 0 Å². The molecule has 5 unspecified atom stereocenters. The van der Waals surface area contributed by atoms with Gasteiger partial charge in [0.25, 0.3) is 0 Å². The van der Waals surface area contributed by atoms with Crippen molar-refractivity contribution in [2.75, 3.05) is 25.1 Å². The van der Waals surface area contributed by atoms with Crippen molar-refractivity contribution in [1.82, 2.24) is 20.9 Å². The third-order valence-electron chi connectivity index (χ3n) is 5.49. The van der Waals surface area contributed by atoms with Crippen LogP contribution in [0.5, 0.6) is 0 Å². The first kappa shape index (κ1) is 24.4. The van der Waals surface area contributed by atoms with Gasteiger partial charge in [-0.25, -0.2) is 4.79 Å². The van der Waals surface area contributed by atoms with E-state index in [0.29, 0.717) is 31.6 Å². The van der Waals surface area contributed by atoms with Gasteiger partial charge in [-0.15, -0.1) is 0 Å². The Bertz CT molecular complexity index is 641. The Kier molecular flexibility index (Phi) is 9.37. The number of carboxylic acids is 1. The maximum Gasteiger partial charge on any atom is 0.328 e. The Labute approximate surface area is 180 Å². The van der Waals surface area contributed by atoms with Gasteiger partial charge in [0.15, 0.2) is 6.04 Å². The number of amides is 3. The molecule has 0 radical (unpaired) electrons. The Morgan fingerprint density at radius 3 is 2.50 bits per heavy atom. The summed E-state index contributed by atoms with van der Waals surface area (Å²) < 4.78 is 0. The molecule has 0 aromatic carbocycles. The zero-order valence-electron chi connectivity index (χ0n) is 17.4. The normalized spacial score (nSPS) is 24.2. The lowest BCUT2D eigenvalue weighted by molar-refractivity contribution is -0.145. The van der Waals surface area contributed by atoms with Gasteiger partial charge in [-0.05, 0) is 57.6 Å². The van der Waals surface area contributed by atoms with E-state index in [1.807, 2.05) is 6.26 Å². The largest absolute Gasteiger partial charge is 0.480 e. The van der Waals surface area contributed by atoms with Crippen LogP contribution >= 0.6 is 11.8 Å². The fraction of sp³-hybridized carbons (Fsp3) is 0.789. The van der Waals surface area contributed by atoms with E-state index in [1.54, 1.807) is 4.90 Å². The van der Waals surface area contributed by atoms with Crippen LogP contribution in [0.25, 0.3) is 0 Å². The first-order valence-electron chi connectivity index (χ1n) is 10.3. The Balaban J connectivity index is 2.05. The molecule has 0 aliphatic carbocycles. The van der Waals surface area contributed by atoms with Crippen LogP contribution in [0.4, 0.5) is 0 Å². The van der Waals surface area contributed by atoms with Gasteiger partial charge in [0.1, 0.15) is 12.1 Å². The second kappa shape index (κ2) is 11.5. The minimum absolute atomic E-state index is 0.0877. The van der Waals surface area contributed by atoms with Crippen LogP contribution in [0.1, 0.15) is 39.0 Å². The van der Waals surface area contributed by atoms with Gasteiger partial charge in [-0.1, -0.05) is 0 Å². The molecule has 10 nitrogen and oxygen atoms in total. The van der Waals surface area contributed by atoms with Gasteiger partial charge < -0.3 is 31.1 Å². The average Bonchev–Trinajstić information content (AvgIpc) is 3.39. The van der Waals surface area contributed by atoms with Gasteiger partial charge in [0, 0.05) is 6.54 Å². The van der Waals surface area contributed by atoms with Crippen LogP contribution in [-0.2, 0) is 19.2 Å². The van der Waals surface area contributed by atoms with Gasteiger partial charge in [-0.2, -0.15) is 11.8 Å². The molecule has 170 valence electrons. The van der Waals surface area contributed by atoms with Crippen molar-refractivity contribution in [2.24, 2.45) is 0 Å². The molecule has 2 fully saturated rings. The molecule has 2 aliphatic heterocycles. The molecule has 30 heavy (non-hydrogen) atoms. The summed E-state index contributed by atoms with van der Waals surface area (Å²) in [4.78, 5) is 51.2. The summed E-state index contributed by atoms with van der Waals surface area (Å²) in [5.74, 6) is -1.95. The van der Waals surface area contributed by atoms with Crippen LogP contribution in [0.3, 0.4) is 0 Å². The first-order chi connectivity index (χ1) is 14.3. The van der Waals surface area contributed by atoms with Crippen molar-refractivity contribution in [1.29, 1.82) is 0 Å². The monoisotopic (exact) mass is 444 g/mol. The summed E-state index contributed by atoms with van der Waals surface area (Å²) in [6.45, 7) is 2.56. The molecule has 0 spiro atoms. The molecule has 0 bridgehead atoms. The zero-order chi connectivity index (χ0) is 22.3. The lowest BCUT2D eigenvalue weighted by Crippen LogP contribution is -2.58. The summed E-state index contributed by atoms with van der Waals surface area (Å²) in [6.07, 6.45) is 3.78. The lowest BCUT2D eigenvalue weighted by atomic mass is 10.1. The predicted octanol–water partition coefficient (Wildman–Crippen LogP) is -1.08. The highest BCUT2D eigenvalue weighted by Crippen LogP contribution is 2.21. The number of hydrogen-bond donors (Lipinski definition) is 5. The number of likely N-dealkylation sites (tertiary alicyclic amines) is 1. The summed E-state index contributed by atoms with van der Waals surface area (Å²) >= 11 is 1.49. The molecule has 11 heteroatoms.